The number of hydrogen-bond acceptors (Lipinski definition) is 3. The fourth-order valence-corrected chi connectivity index (χ4v) is 2.84. The van der Waals surface area contributed by atoms with Gasteiger partial charge < -0.3 is 10.4 Å². The third-order valence-electron chi connectivity index (χ3n) is 4.07. The van der Waals surface area contributed by atoms with E-state index < -0.39 is 23.6 Å². The number of nitrogens with zero attached hydrogens (tertiary/aromatic N) is 1. The maximum absolute atomic E-state index is 13.2. The minimum atomic E-state index is -1.55. The molecule has 1 heterocycles. The normalized spacial score (nSPS) is 14.4. The van der Waals surface area contributed by atoms with Crippen molar-refractivity contribution in [3.63, 3.8) is 0 Å². The van der Waals surface area contributed by atoms with Gasteiger partial charge in [-0.1, -0.05) is 6.07 Å². The molecule has 4 nitrogen and oxygen atoms in total. The monoisotopic (exact) mass is 318 g/mol. The van der Waals surface area contributed by atoms with Gasteiger partial charge in [-0.05, 0) is 53.6 Å². The number of pyridine rings is 1. The zero-order valence-corrected chi connectivity index (χ0v) is 12.4. The molecular formula is C17H16F2N2O2. The number of rotatable bonds is 4. The van der Waals surface area contributed by atoms with E-state index >= 15 is 0 Å². The summed E-state index contributed by atoms with van der Waals surface area (Å²) >= 11 is 0. The fraction of sp³-hybridized carbons (Fsp3) is 0.294. The van der Waals surface area contributed by atoms with E-state index in [4.69, 9.17) is 0 Å². The third kappa shape index (κ3) is 3.22. The lowest BCUT2D eigenvalue weighted by molar-refractivity contribution is -0.129. The molecule has 0 saturated heterocycles. The van der Waals surface area contributed by atoms with E-state index in [0.29, 0.717) is 0 Å². The molecule has 1 amide bonds. The Balaban J connectivity index is 1.67. The van der Waals surface area contributed by atoms with Gasteiger partial charge in [0.1, 0.15) is 0 Å². The number of halogens is 2. The SMILES string of the molecule is O=C(NCc1cncc2c1CCC2)C(O)c1ccc(F)c(F)c1. The molecule has 23 heavy (non-hydrogen) atoms. The van der Waals surface area contributed by atoms with Gasteiger partial charge >= 0.3 is 0 Å². The molecule has 6 heteroatoms. The van der Waals surface area contributed by atoms with Crippen molar-refractivity contribution in [2.75, 3.05) is 0 Å². The third-order valence-corrected chi connectivity index (χ3v) is 4.07. The second-order valence-corrected chi connectivity index (χ2v) is 5.58. The van der Waals surface area contributed by atoms with Crippen LogP contribution in [0.4, 0.5) is 8.78 Å². The molecule has 3 rings (SSSR count). The predicted octanol–water partition coefficient (Wildman–Crippen LogP) is 2.20. The van der Waals surface area contributed by atoms with E-state index in [9.17, 15) is 18.7 Å². The number of carbonyl (C=O) groups is 1. The molecule has 1 aromatic heterocycles. The van der Waals surface area contributed by atoms with E-state index in [2.05, 4.69) is 10.3 Å². The molecule has 2 aromatic rings. The van der Waals surface area contributed by atoms with Crippen molar-refractivity contribution in [2.24, 2.45) is 0 Å². The van der Waals surface area contributed by atoms with Crippen LogP contribution in [0.5, 0.6) is 0 Å². The number of hydrogen-bond donors (Lipinski definition) is 2. The Labute approximate surface area is 132 Å². The molecule has 0 saturated carbocycles. The summed E-state index contributed by atoms with van der Waals surface area (Å²) in [5, 5.41) is 12.6. The number of benzene rings is 1. The highest BCUT2D eigenvalue weighted by molar-refractivity contribution is 5.81. The first-order chi connectivity index (χ1) is 11.1. The van der Waals surface area contributed by atoms with Crippen molar-refractivity contribution < 1.29 is 18.7 Å². The van der Waals surface area contributed by atoms with Gasteiger partial charge in [0.15, 0.2) is 17.7 Å². The van der Waals surface area contributed by atoms with Crippen molar-refractivity contribution in [1.82, 2.24) is 10.3 Å². The minimum Gasteiger partial charge on any atom is -0.378 e. The first-order valence-electron chi connectivity index (χ1n) is 7.41. The summed E-state index contributed by atoms with van der Waals surface area (Å²) in [6.45, 7) is 0.246. The largest absolute Gasteiger partial charge is 0.378 e. The number of aromatic nitrogens is 1. The summed E-state index contributed by atoms with van der Waals surface area (Å²) < 4.78 is 26.1. The zero-order chi connectivity index (χ0) is 16.4. The van der Waals surface area contributed by atoms with Crippen LogP contribution >= 0.6 is 0 Å². The molecule has 0 aliphatic heterocycles. The summed E-state index contributed by atoms with van der Waals surface area (Å²) in [4.78, 5) is 16.2. The molecule has 1 atom stereocenters. The highest BCUT2D eigenvalue weighted by Gasteiger charge is 2.20. The number of fused-ring (bicyclic) bond motifs is 1. The van der Waals surface area contributed by atoms with Gasteiger partial charge in [0, 0.05) is 18.9 Å². The molecule has 0 radical (unpaired) electrons. The topological polar surface area (TPSA) is 62.2 Å². The van der Waals surface area contributed by atoms with Crippen molar-refractivity contribution in [3.8, 4) is 0 Å². The lowest BCUT2D eigenvalue weighted by Crippen LogP contribution is -2.29. The average Bonchev–Trinajstić information content (AvgIpc) is 3.03. The second kappa shape index (κ2) is 6.42. The predicted molar refractivity (Wildman–Crippen MR) is 79.4 cm³/mol. The summed E-state index contributed by atoms with van der Waals surface area (Å²) in [6, 6.07) is 2.89. The molecule has 0 spiro atoms. The standard InChI is InChI=1S/C17H16F2N2O2/c18-14-5-4-10(6-15(14)19)16(22)17(23)21-9-12-8-20-7-11-2-1-3-13(11)12/h4-8,16,22H,1-3,9H2,(H,21,23). The number of aliphatic hydroxyl groups is 1. The molecular weight excluding hydrogens is 302 g/mol. The van der Waals surface area contributed by atoms with Crippen LogP contribution in [0.3, 0.4) is 0 Å². The summed E-state index contributed by atoms with van der Waals surface area (Å²) in [7, 11) is 0. The fourth-order valence-electron chi connectivity index (χ4n) is 2.84. The number of aryl methyl sites for hydroxylation is 1. The van der Waals surface area contributed by atoms with Crippen LogP contribution in [0.15, 0.2) is 30.6 Å². The smallest absolute Gasteiger partial charge is 0.253 e. The van der Waals surface area contributed by atoms with Crippen LogP contribution in [0.25, 0.3) is 0 Å². The number of aliphatic hydroxyl groups excluding tert-OH is 1. The van der Waals surface area contributed by atoms with E-state index in [1.54, 1.807) is 6.20 Å². The van der Waals surface area contributed by atoms with Crippen LogP contribution < -0.4 is 5.32 Å². The van der Waals surface area contributed by atoms with Gasteiger partial charge in [-0.2, -0.15) is 0 Å². The van der Waals surface area contributed by atoms with E-state index in [1.807, 2.05) is 6.20 Å². The second-order valence-electron chi connectivity index (χ2n) is 5.58. The Morgan fingerprint density at radius 1 is 1.26 bits per heavy atom. The van der Waals surface area contributed by atoms with Crippen molar-refractivity contribution in [3.05, 3.63) is 64.5 Å². The maximum atomic E-state index is 13.2. The Kier molecular flexibility index (Phi) is 4.34. The van der Waals surface area contributed by atoms with Crippen molar-refractivity contribution >= 4 is 5.91 Å². The van der Waals surface area contributed by atoms with Gasteiger partial charge in [-0.15, -0.1) is 0 Å². The van der Waals surface area contributed by atoms with Crippen molar-refractivity contribution in [1.29, 1.82) is 0 Å². The molecule has 1 unspecified atom stereocenters. The number of nitrogens with one attached hydrogen (secondary N) is 1. The Hall–Kier alpha value is -2.34. The number of carbonyl (C=O) groups excluding carboxylic acids is 1. The van der Waals surface area contributed by atoms with Gasteiger partial charge in [0.2, 0.25) is 0 Å². The molecule has 120 valence electrons. The van der Waals surface area contributed by atoms with Crippen molar-refractivity contribution in [2.45, 2.75) is 31.9 Å². The molecule has 1 aliphatic rings. The number of amides is 1. The van der Waals surface area contributed by atoms with E-state index in [-0.39, 0.29) is 12.1 Å². The van der Waals surface area contributed by atoms with Crippen LogP contribution in [-0.2, 0) is 24.2 Å². The Morgan fingerprint density at radius 3 is 2.87 bits per heavy atom. The van der Waals surface area contributed by atoms with Gasteiger partial charge in [-0.25, -0.2) is 8.78 Å². The summed E-state index contributed by atoms with van der Waals surface area (Å²) in [6.07, 6.45) is 5.00. The molecule has 1 aromatic carbocycles. The van der Waals surface area contributed by atoms with Crippen LogP contribution in [0.2, 0.25) is 0 Å². The first kappa shape index (κ1) is 15.6. The zero-order valence-electron chi connectivity index (χ0n) is 12.4. The van der Waals surface area contributed by atoms with E-state index in [0.717, 1.165) is 37.0 Å². The molecule has 0 fully saturated rings. The highest BCUT2D eigenvalue weighted by Crippen LogP contribution is 2.24. The molecule has 0 bridgehead atoms. The van der Waals surface area contributed by atoms with Gasteiger partial charge in [0.05, 0.1) is 0 Å². The summed E-state index contributed by atoms with van der Waals surface area (Å²) in [5.74, 6) is -2.78. The molecule has 1 aliphatic carbocycles. The Morgan fingerprint density at radius 2 is 2.09 bits per heavy atom. The lowest BCUT2D eigenvalue weighted by atomic mass is 10.1. The van der Waals surface area contributed by atoms with Crippen LogP contribution in [0, 0.1) is 11.6 Å². The van der Waals surface area contributed by atoms with Gasteiger partial charge in [0.25, 0.3) is 5.91 Å². The highest BCUT2D eigenvalue weighted by atomic mass is 19.2. The van der Waals surface area contributed by atoms with Crippen LogP contribution in [0.1, 0.15) is 34.8 Å². The molecule has 2 N–H and O–H groups in total. The minimum absolute atomic E-state index is 0.0119. The van der Waals surface area contributed by atoms with E-state index in [1.165, 1.54) is 17.2 Å². The maximum Gasteiger partial charge on any atom is 0.253 e. The first-order valence-corrected chi connectivity index (χ1v) is 7.41. The summed E-state index contributed by atoms with van der Waals surface area (Å²) in [5.41, 5.74) is 3.32. The average molecular weight is 318 g/mol. The quantitative estimate of drug-likeness (QED) is 0.908. The van der Waals surface area contributed by atoms with Crippen LogP contribution in [-0.4, -0.2) is 16.0 Å². The van der Waals surface area contributed by atoms with Gasteiger partial charge in [-0.3, -0.25) is 9.78 Å². The lowest BCUT2D eigenvalue weighted by Gasteiger charge is -2.13. The Bertz CT molecular complexity index is 749.